The highest BCUT2D eigenvalue weighted by Crippen LogP contribution is 2.12. The molecule has 0 aliphatic rings. The van der Waals surface area contributed by atoms with Gasteiger partial charge < -0.3 is 5.11 Å². The predicted molar refractivity (Wildman–Crippen MR) is 52.5 cm³/mol. The van der Waals surface area contributed by atoms with Crippen LogP contribution in [0, 0.1) is 0 Å². The van der Waals surface area contributed by atoms with E-state index in [1.54, 1.807) is 25.4 Å². The summed E-state index contributed by atoms with van der Waals surface area (Å²) in [6, 6.07) is 4.66. The van der Waals surface area contributed by atoms with E-state index in [4.69, 9.17) is 0 Å². The van der Waals surface area contributed by atoms with E-state index in [9.17, 15) is 9.90 Å². The molecule has 0 saturated carbocycles. The van der Waals surface area contributed by atoms with Gasteiger partial charge >= 0.3 is 0 Å². The van der Waals surface area contributed by atoms with Gasteiger partial charge in [-0.1, -0.05) is 0 Å². The lowest BCUT2D eigenvalue weighted by molar-refractivity contribution is 0.103. The van der Waals surface area contributed by atoms with Crippen LogP contribution in [0.1, 0.15) is 16.1 Å². The first kappa shape index (κ1) is 9.39. The van der Waals surface area contributed by atoms with E-state index < -0.39 is 0 Å². The number of carbonyl (C=O) groups excluding carboxylic acids is 1. The second-order valence-corrected chi connectivity index (χ2v) is 3.08. The summed E-state index contributed by atoms with van der Waals surface area (Å²) >= 11 is 0. The molecule has 0 atom stereocenters. The van der Waals surface area contributed by atoms with Crippen molar-refractivity contribution < 1.29 is 9.90 Å². The lowest BCUT2D eigenvalue weighted by Crippen LogP contribution is -2.03. The van der Waals surface area contributed by atoms with Crippen LogP contribution in [0.15, 0.2) is 30.6 Å². The highest BCUT2D eigenvalue weighted by molar-refractivity contribution is 6.07. The Labute approximate surface area is 86.0 Å². The molecule has 2 heterocycles. The molecule has 76 valence electrons. The molecule has 0 radical (unpaired) electrons. The molecule has 1 N–H and O–H groups in total. The average molecular weight is 203 g/mol. The Hall–Kier alpha value is -2.17. The second kappa shape index (κ2) is 3.53. The number of aryl methyl sites for hydroxylation is 1. The van der Waals surface area contributed by atoms with Crippen molar-refractivity contribution in [1.82, 2.24) is 14.8 Å². The summed E-state index contributed by atoms with van der Waals surface area (Å²) in [5, 5.41) is 13.1. The normalized spacial score (nSPS) is 10.2. The molecule has 5 heteroatoms. The largest absolute Gasteiger partial charge is 0.493 e. The van der Waals surface area contributed by atoms with Crippen molar-refractivity contribution in [3.8, 4) is 5.88 Å². The van der Waals surface area contributed by atoms with Crippen LogP contribution in [0.3, 0.4) is 0 Å². The van der Waals surface area contributed by atoms with Gasteiger partial charge in [-0.05, 0) is 12.1 Å². The predicted octanol–water partition coefficient (Wildman–Crippen LogP) is 0.752. The monoisotopic (exact) mass is 203 g/mol. The molecule has 2 aromatic rings. The summed E-state index contributed by atoms with van der Waals surface area (Å²) in [6.45, 7) is 0. The van der Waals surface area contributed by atoms with Gasteiger partial charge in [-0.2, -0.15) is 5.10 Å². The van der Waals surface area contributed by atoms with Crippen LogP contribution >= 0.6 is 0 Å². The second-order valence-electron chi connectivity index (χ2n) is 3.08. The van der Waals surface area contributed by atoms with Crippen molar-refractivity contribution in [2.45, 2.75) is 0 Å². The Morgan fingerprint density at radius 3 is 2.87 bits per heavy atom. The summed E-state index contributed by atoms with van der Waals surface area (Å²) in [5.74, 6) is -0.291. The molecule has 0 amide bonds. The van der Waals surface area contributed by atoms with E-state index in [0.29, 0.717) is 5.56 Å². The van der Waals surface area contributed by atoms with Crippen LogP contribution in [0.2, 0.25) is 0 Å². The summed E-state index contributed by atoms with van der Waals surface area (Å²) in [5.41, 5.74) is 0.665. The first-order chi connectivity index (χ1) is 7.18. The number of aromatic nitrogens is 3. The number of hydrogen-bond donors (Lipinski definition) is 1. The molecule has 0 saturated heterocycles. The minimum Gasteiger partial charge on any atom is -0.493 e. The van der Waals surface area contributed by atoms with Gasteiger partial charge in [0.1, 0.15) is 5.69 Å². The summed E-state index contributed by atoms with van der Waals surface area (Å²) < 4.78 is 1.24. The van der Waals surface area contributed by atoms with Crippen LogP contribution in [-0.2, 0) is 7.05 Å². The molecule has 0 aromatic carbocycles. The molecule has 0 spiro atoms. The van der Waals surface area contributed by atoms with Gasteiger partial charge in [0.05, 0.1) is 0 Å². The number of ketones is 1. The van der Waals surface area contributed by atoms with Crippen molar-refractivity contribution in [3.05, 3.63) is 41.9 Å². The van der Waals surface area contributed by atoms with Crippen LogP contribution in [0.4, 0.5) is 0 Å². The molecule has 5 nitrogen and oxygen atoms in total. The quantitative estimate of drug-likeness (QED) is 0.731. The lowest BCUT2D eigenvalue weighted by atomic mass is 10.1. The van der Waals surface area contributed by atoms with Gasteiger partial charge in [0.25, 0.3) is 0 Å². The van der Waals surface area contributed by atoms with Gasteiger partial charge in [0.15, 0.2) is 0 Å². The van der Waals surface area contributed by atoms with E-state index in [1.165, 1.54) is 16.9 Å². The fraction of sp³-hybridized carbons (Fsp3) is 0.100. The zero-order valence-corrected chi connectivity index (χ0v) is 8.08. The molecular weight excluding hydrogens is 194 g/mol. The maximum absolute atomic E-state index is 11.8. The zero-order chi connectivity index (χ0) is 10.8. The van der Waals surface area contributed by atoms with Gasteiger partial charge in [0.2, 0.25) is 11.7 Å². The van der Waals surface area contributed by atoms with E-state index in [1.807, 2.05) is 0 Å². The van der Waals surface area contributed by atoms with Crippen molar-refractivity contribution in [2.75, 3.05) is 0 Å². The summed E-state index contributed by atoms with van der Waals surface area (Å²) in [4.78, 5) is 15.6. The van der Waals surface area contributed by atoms with Crippen LogP contribution in [-0.4, -0.2) is 25.7 Å². The maximum atomic E-state index is 11.8. The molecule has 0 fully saturated rings. The van der Waals surface area contributed by atoms with Gasteiger partial charge in [-0.25, -0.2) is 4.68 Å². The minimum absolute atomic E-state index is 0.0396. The Balaban J connectivity index is 2.37. The highest BCUT2D eigenvalue weighted by atomic mass is 16.3. The van der Waals surface area contributed by atoms with Crippen molar-refractivity contribution >= 4 is 5.78 Å². The molecule has 15 heavy (non-hydrogen) atoms. The Kier molecular flexibility index (Phi) is 2.21. The van der Waals surface area contributed by atoms with Crippen molar-refractivity contribution in [1.29, 1.82) is 0 Å². The highest BCUT2D eigenvalue weighted by Gasteiger charge is 2.14. The molecule has 0 aliphatic carbocycles. The van der Waals surface area contributed by atoms with E-state index in [-0.39, 0.29) is 17.4 Å². The lowest BCUT2D eigenvalue weighted by Gasteiger charge is -1.94. The van der Waals surface area contributed by atoms with Gasteiger partial charge in [-0.3, -0.25) is 9.78 Å². The van der Waals surface area contributed by atoms with Gasteiger partial charge in [0, 0.05) is 31.1 Å². The van der Waals surface area contributed by atoms with Crippen LogP contribution < -0.4 is 0 Å². The number of carbonyl (C=O) groups is 1. The Morgan fingerprint density at radius 1 is 1.53 bits per heavy atom. The molecule has 0 aliphatic heterocycles. The molecular formula is C10H9N3O2. The first-order valence-corrected chi connectivity index (χ1v) is 4.36. The molecule has 0 unspecified atom stereocenters. The topological polar surface area (TPSA) is 68.0 Å². The molecule has 2 rings (SSSR count). The smallest absolute Gasteiger partial charge is 0.214 e. The minimum atomic E-state index is -0.251. The number of aromatic hydroxyl groups is 1. The van der Waals surface area contributed by atoms with Gasteiger partial charge in [-0.15, -0.1) is 0 Å². The zero-order valence-electron chi connectivity index (χ0n) is 8.08. The fourth-order valence-electron chi connectivity index (χ4n) is 1.21. The maximum Gasteiger partial charge on any atom is 0.214 e. The van der Waals surface area contributed by atoms with E-state index in [2.05, 4.69) is 10.1 Å². The fourth-order valence-corrected chi connectivity index (χ4v) is 1.21. The van der Waals surface area contributed by atoms with Crippen molar-refractivity contribution in [2.24, 2.45) is 7.05 Å². The van der Waals surface area contributed by atoms with E-state index in [0.717, 1.165) is 0 Å². The standard InChI is InChI=1S/C10H9N3O2/c1-13-9(14)5-8(12-13)10(15)7-3-2-4-11-6-7/h2-6,14H,1H3. The first-order valence-electron chi connectivity index (χ1n) is 4.36. The van der Waals surface area contributed by atoms with Crippen LogP contribution in [0.5, 0.6) is 5.88 Å². The van der Waals surface area contributed by atoms with E-state index >= 15 is 0 Å². The number of pyridine rings is 1. The third-order valence-corrected chi connectivity index (χ3v) is 2.01. The SMILES string of the molecule is Cn1nc(C(=O)c2cccnc2)cc1O. The third-order valence-electron chi connectivity index (χ3n) is 2.01. The number of rotatable bonds is 2. The summed E-state index contributed by atoms with van der Waals surface area (Å²) in [7, 11) is 1.56. The average Bonchev–Trinajstić information content (AvgIpc) is 2.59. The van der Waals surface area contributed by atoms with Crippen LogP contribution in [0.25, 0.3) is 0 Å². The molecule has 2 aromatic heterocycles. The Bertz CT molecular complexity index is 471. The third kappa shape index (κ3) is 1.71. The summed E-state index contributed by atoms with van der Waals surface area (Å²) in [6.07, 6.45) is 3.06. The number of hydrogen-bond acceptors (Lipinski definition) is 4. The van der Waals surface area contributed by atoms with Crippen molar-refractivity contribution in [3.63, 3.8) is 0 Å². The Morgan fingerprint density at radius 2 is 2.33 bits per heavy atom. The number of nitrogens with zero attached hydrogens (tertiary/aromatic N) is 3. The molecule has 0 bridgehead atoms.